The van der Waals surface area contributed by atoms with Crippen LogP contribution in [0, 0.1) is 22.7 Å². The van der Waals surface area contributed by atoms with E-state index >= 15 is 0 Å². The Hall–Kier alpha value is -1.62. The van der Waals surface area contributed by atoms with E-state index in [1.165, 1.54) is 7.11 Å². The molecule has 0 aromatic carbocycles. The summed E-state index contributed by atoms with van der Waals surface area (Å²) in [4.78, 5) is 24.4. The van der Waals surface area contributed by atoms with Crippen molar-refractivity contribution in [2.24, 2.45) is 22.7 Å². The zero-order chi connectivity index (χ0) is 18.7. The maximum Gasteiger partial charge on any atom is 0.336 e. The first-order valence-electron chi connectivity index (χ1n) is 9.66. The molecule has 2 aliphatic carbocycles. The predicted octanol–water partition coefficient (Wildman–Crippen LogP) is 3.54. The number of hydrogen-bond acceptors (Lipinski definition) is 5. The van der Waals surface area contributed by atoms with Crippen molar-refractivity contribution in [2.75, 3.05) is 7.11 Å². The van der Waals surface area contributed by atoms with Gasteiger partial charge in [0.25, 0.3) is 0 Å². The fraction of sp³-hybridized carbons (Fsp3) is 0.714. The number of cyclic esters (lactones) is 1. The fourth-order valence-corrected chi connectivity index (χ4v) is 5.93. The van der Waals surface area contributed by atoms with Gasteiger partial charge in [-0.1, -0.05) is 26.8 Å². The van der Waals surface area contributed by atoms with Gasteiger partial charge in [-0.05, 0) is 55.4 Å². The molecular formula is C21H28O5. The molecule has 0 aromatic rings. The van der Waals surface area contributed by atoms with Gasteiger partial charge in [-0.15, -0.1) is 0 Å². The zero-order valence-electron chi connectivity index (χ0n) is 16.0. The molecule has 0 bridgehead atoms. The molecule has 1 saturated heterocycles. The number of carbonyl (C=O) groups is 2. The zero-order valence-corrected chi connectivity index (χ0v) is 16.0. The molecule has 2 fully saturated rings. The van der Waals surface area contributed by atoms with Crippen LogP contribution in [0.15, 0.2) is 23.3 Å². The average Bonchev–Trinajstić information content (AvgIpc) is 3.09. The minimum absolute atomic E-state index is 0.0110. The van der Waals surface area contributed by atoms with Gasteiger partial charge in [0.15, 0.2) is 0 Å². The molecule has 4 rings (SSSR count). The van der Waals surface area contributed by atoms with Crippen LogP contribution < -0.4 is 0 Å². The summed E-state index contributed by atoms with van der Waals surface area (Å²) in [5, 5.41) is 0. The van der Waals surface area contributed by atoms with Gasteiger partial charge in [0.2, 0.25) is 6.29 Å². The minimum Gasteiger partial charge on any atom is -0.458 e. The van der Waals surface area contributed by atoms with E-state index in [9.17, 15) is 9.59 Å². The van der Waals surface area contributed by atoms with Crippen LogP contribution in [0.3, 0.4) is 0 Å². The Balaban J connectivity index is 1.60. The molecule has 0 aromatic heterocycles. The summed E-state index contributed by atoms with van der Waals surface area (Å²) >= 11 is 0. The fourth-order valence-electron chi connectivity index (χ4n) is 5.93. The standard InChI is InChI=1S/C21H28O5/c1-12-10-16-21(3)14(19(23)25-16)6-5-7-15(21)20(12,2)9-8-13-11-17(24-4)26-18(13)22/h6,11-12,15-17H,5,7-10H2,1-4H3/t12-,15-,16+,17?,20-,21-/m0/s1. The first-order chi connectivity index (χ1) is 12.3. The number of methoxy groups -OCH3 is 1. The molecule has 0 N–H and O–H groups in total. The van der Waals surface area contributed by atoms with Crippen LogP contribution in [-0.4, -0.2) is 31.4 Å². The molecule has 5 nitrogen and oxygen atoms in total. The Labute approximate surface area is 154 Å². The lowest BCUT2D eigenvalue weighted by Crippen LogP contribution is -2.54. The monoisotopic (exact) mass is 360 g/mol. The molecule has 4 aliphatic rings. The van der Waals surface area contributed by atoms with Crippen molar-refractivity contribution in [2.45, 2.75) is 65.3 Å². The number of rotatable bonds is 4. The van der Waals surface area contributed by atoms with Crippen molar-refractivity contribution in [1.82, 2.24) is 0 Å². The SMILES string of the molecule is COC1C=C(CC[C@@]2(C)[C@@H](C)C[C@H]3OC(=O)C4=CCC[C@@H]2[C@]43C)C(=O)O1. The number of hydrogen-bond donors (Lipinski definition) is 0. The second-order valence-corrected chi connectivity index (χ2v) is 8.77. The van der Waals surface area contributed by atoms with Gasteiger partial charge in [-0.3, -0.25) is 0 Å². The number of ether oxygens (including phenoxy) is 3. The normalized spacial score (nSPS) is 44.2. The Morgan fingerprint density at radius 1 is 1.23 bits per heavy atom. The van der Waals surface area contributed by atoms with Crippen LogP contribution in [-0.2, 0) is 23.8 Å². The van der Waals surface area contributed by atoms with Crippen LogP contribution in [0.2, 0.25) is 0 Å². The highest BCUT2D eigenvalue weighted by Gasteiger charge is 2.64. The number of allylic oxidation sites excluding steroid dienone is 1. The van der Waals surface area contributed by atoms with E-state index in [4.69, 9.17) is 14.2 Å². The molecule has 142 valence electrons. The summed E-state index contributed by atoms with van der Waals surface area (Å²) in [5.41, 5.74) is 1.44. The first kappa shape index (κ1) is 17.8. The Morgan fingerprint density at radius 2 is 2.00 bits per heavy atom. The molecule has 1 saturated carbocycles. The first-order valence-corrected chi connectivity index (χ1v) is 9.66. The van der Waals surface area contributed by atoms with E-state index in [-0.39, 0.29) is 28.9 Å². The third-order valence-corrected chi connectivity index (χ3v) is 7.72. The van der Waals surface area contributed by atoms with E-state index in [0.717, 1.165) is 31.3 Å². The topological polar surface area (TPSA) is 61.8 Å². The second kappa shape index (κ2) is 5.95. The van der Waals surface area contributed by atoms with Gasteiger partial charge < -0.3 is 14.2 Å². The van der Waals surface area contributed by atoms with Gasteiger partial charge in [0, 0.05) is 23.7 Å². The van der Waals surface area contributed by atoms with Crippen LogP contribution >= 0.6 is 0 Å². The van der Waals surface area contributed by atoms with Gasteiger partial charge in [0.1, 0.15) is 6.10 Å². The van der Waals surface area contributed by atoms with Gasteiger partial charge in [0.05, 0.1) is 0 Å². The summed E-state index contributed by atoms with van der Waals surface area (Å²) in [6.07, 6.45) is 7.78. The Bertz CT molecular complexity index is 707. The van der Waals surface area contributed by atoms with Crippen molar-refractivity contribution in [3.8, 4) is 0 Å². The van der Waals surface area contributed by atoms with Gasteiger partial charge in [-0.2, -0.15) is 0 Å². The summed E-state index contributed by atoms with van der Waals surface area (Å²) in [6, 6.07) is 0. The highest BCUT2D eigenvalue weighted by Crippen LogP contribution is 2.65. The lowest BCUT2D eigenvalue weighted by Gasteiger charge is -2.57. The molecule has 0 radical (unpaired) electrons. The maximum absolute atomic E-state index is 12.4. The highest BCUT2D eigenvalue weighted by atomic mass is 16.7. The second-order valence-electron chi connectivity index (χ2n) is 8.77. The highest BCUT2D eigenvalue weighted by molar-refractivity contribution is 5.93. The summed E-state index contributed by atoms with van der Waals surface area (Å²) in [6.45, 7) is 6.82. The molecule has 2 aliphatic heterocycles. The molecule has 26 heavy (non-hydrogen) atoms. The summed E-state index contributed by atoms with van der Waals surface area (Å²) < 4.78 is 16.1. The largest absolute Gasteiger partial charge is 0.458 e. The van der Waals surface area contributed by atoms with Crippen molar-refractivity contribution >= 4 is 11.9 Å². The van der Waals surface area contributed by atoms with Crippen LogP contribution in [0.25, 0.3) is 0 Å². The lowest BCUT2D eigenvalue weighted by atomic mass is 9.46. The molecule has 1 unspecified atom stereocenters. The van der Waals surface area contributed by atoms with Crippen LogP contribution in [0.5, 0.6) is 0 Å². The van der Waals surface area contributed by atoms with E-state index in [1.807, 2.05) is 0 Å². The lowest BCUT2D eigenvalue weighted by molar-refractivity contribution is -0.155. The van der Waals surface area contributed by atoms with Crippen molar-refractivity contribution in [1.29, 1.82) is 0 Å². The maximum atomic E-state index is 12.4. The van der Waals surface area contributed by atoms with Gasteiger partial charge in [-0.25, -0.2) is 9.59 Å². The number of esters is 2. The summed E-state index contributed by atoms with van der Waals surface area (Å²) in [5.74, 6) is 0.416. The van der Waals surface area contributed by atoms with Crippen molar-refractivity contribution in [3.05, 3.63) is 23.3 Å². The van der Waals surface area contributed by atoms with Crippen LogP contribution in [0.1, 0.15) is 52.9 Å². The average molecular weight is 360 g/mol. The molecule has 5 heteroatoms. The van der Waals surface area contributed by atoms with Gasteiger partial charge >= 0.3 is 11.9 Å². The Morgan fingerprint density at radius 3 is 2.69 bits per heavy atom. The van der Waals surface area contributed by atoms with Crippen molar-refractivity contribution < 1.29 is 23.8 Å². The van der Waals surface area contributed by atoms with E-state index < -0.39 is 6.29 Å². The van der Waals surface area contributed by atoms with E-state index in [2.05, 4.69) is 26.8 Å². The smallest absolute Gasteiger partial charge is 0.336 e. The summed E-state index contributed by atoms with van der Waals surface area (Å²) in [7, 11) is 1.54. The molecule has 2 heterocycles. The minimum atomic E-state index is -0.555. The molecule has 6 atom stereocenters. The van der Waals surface area contributed by atoms with Crippen LogP contribution in [0.4, 0.5) is 0 Å². The van der Waals surface area contributed by atoms with Crippen molar-refractivity contribution in [3.63, 3.8) is 0 Å². The molecule has 0 amide bonds. The van der Waals surface area contributed by atoms with E-state index in [0.29, 0.717) is 23.8 Å². The molecule has 0 spiro atoms. The predicted molar refractivity (Wildman–Crippen MR) is 94.9 cm³/mol. The third kappa shape index (κ3) is 2.32. The quantitative estimate of drug-likeness (QED) is 0.718. The molecular weight excluding hydrogens is 332 g/mol. The Kier molecular flexibility index (Phi) is 4.07. The van der Waals surface area contributed by atoms with E-state index in [1.54, 1.807) is 6.08 Å². The third-order valence-electron chi connectivity index (χ3n) is 7.72. The number of carbonyl (C=O) groups excluding carboxylic acids is 2.